The maximum Gasteiger partial charge on any atom is 0.258 e. The molecule has 5 rings (SSSR count). The smallest absolute Gasteiger partial charge is 0.258 e. The van der Waals surface area contributed by atoms with Crippen LogP contribution in [0, 0.1) is 0 Å². The van der Waals surface area contributed by atoms with E-state index in [1.165, 1.54) is 5.56 Å². The van der Waals surface area contributed by atoms with Crippen LogP contribution in [-0.2, 0) is 11.3 Å². The molecule has 0 bridgehead atoms. The van der Waals surface area contributed by atoms with Gasteiger partial charge in [-0.15, -0.1) is 0 Å². The van der Waals surface area contributed by atoms with Crippen molar-refractivity contribution in [3.8, 4) is 0 Å². The van der Waals surface area contributed by atoms with Gasteiger partial charge in [0.15, 0.2) is 0 Å². The van der Waals surface area contributed by atoms with Gasteiger partial charge < -0.3 is 16.0 Å². The average molecular weight is 546 g/mol. The number of carbonyl (C=O) groups excluding carboxylic acids is 2. The summed E-state index contributed by atoms with van der Waals surface area (Å²) < 4.78 is 0. The molecule has 41 heavy (non-hydrogen) atoms. The highest BCUT2D eigenvalue weighted by molar-refractivity contribution is 6.37. The van der Waals surface area contributed by atoms with E-state index >= 15 is 0 Å². The number of amides is 2. The van der Waals surface area contributed by atoms with Crippen molar-refractivity contribution in [3.05, 3.63) is 125 Å². The Morgan fingerprint density at radius 3 is 2.37 bits per heavy atom. The molecule has 0 saturated carbocycles. The molecule has 2 heterocycles. The average Bonchev–Trinajstić information content (AvgIpc) is 3.34. The number of nitrogens with zero attached hydrogens (tertiary/aromatic N) is 2. The fourth-order valence-electron chi connectivity index (χ4n) is 4.99. The molecule has 0 aliphatic carbocycles. The Labute approximate surface area is 241 Å². The minimum absolute atomic E-state index is 0.163. The molecule has 1 atom stereocenters. The second kappa shape index (κ2) is 12.6. The van der Waals surface area contributed by atoms with Gasteiger partial charge in [0.1, 0.15) is 0 Å². The van der Waals surface area contributed by atoms with Crippen LogP contribution in [0.5, 0.6) is 0 Å². The minimum atomic E-state index is -0.236. The van der Waals surface area contributed by atoms with Crippen molar-refractivity contribution >= 4 is 34.5 Å². The highest BCUT2D eigenvalue weighted by Gasteiger charge is 2.29. The van der Waals surface area contributed by atoms with E-state index in [-0.39, 0.29) is 17.9 Å². The van der Waals surface area contributed by atoms with E-state index in [1.54, 1.807) is 30.6 Å². The number of aromatic nitrogens is 1. The molecular weight excluding hydrogens is 510 g/mol. The van der Waals surface area contributed by atoms with E-state index in [1.807, 2.05) is 61.5 Å². The zero-order valence-corrected chi connectivity index (χ0v) is 23.6. The summed E-state index contributed by atoms with van der Waals surface area (Å²) in [5.41, 5.74) is 6.76. The van der Waals surface area contributed by atoms with Crippen molar-refractivity contribution in [2.45, 2.75) is 33.4 Å². The van der Waals surface area contributed by atoms with E-state index in [9.17, 15) is 9.59 Å². The molecule has 0 spiro atoms. The Bertz CT molecular complexity index is 1550. The summed E-state index contributed by atoms with van der Waals surface area (Å²) in [7, 11) is 0. The highest BCUT2D eigenvalue weighted by atomic mass is 16.2. The Morgan fingerprint density at radius 2 is 1.68 bits per heavy atom. The van der Waals surface area contributed by atoms with E-state index in [4.69, 9.17) is 0 Å². The number of hydrogen-bond donors (Lipinski definition) is 3. The lowest BCUT2D eigenvalue weighted by molar-refractivity contribution is -0.110. The van der Waals surface area contributed by atoms with Gasteiger partial charge in [-0.25, -0.2) is 0 Å². The van der Waals surface area contributed by atoms with Crippen LogP contribution in [0.2, 0.25) is 0 Å². The third-order valence-electron chi connectivity index (χ3n) is 7.40. The molecule has 0 fully saturated rings. The molecule has 0 saturated heterocycles. The second-order valence-electron chi connectivity index (χ2n) is 10.1. The van der Waals surface area contributed by atoms with Crippen LogP contribution in [0.1, 0.15) is 59.4 Å². The first-order valence-electron chi connectivity index (χ1n) is 14.0. The van der Waals surface area contributed by atoms with E-state index in [0.29, 0.717) is 28.1 Å². The standard InChI is InChI=1S/C34H35N5O2/c1-4-39(5-2)22-24-13-16-28(17-14-24)37-32(27-12-9-19-35-21-27)31-29-20-26(15-18-30(29)38-34(31)41)33(40)36-23(3)25-10-7-6-8-11-25/h6-21,23,37H,4-5,22H2,1-3H3,(H,36,40)(H,38,41)/b32-31-/t23-/m1/s1. The Hall–Kier alpha value is -4.75. The molecule has 3 N–H and O–H groups in total. The largest absolute Gasteiger partial charge is 0.354 e. The monoisotopic (exact) mass is 545 g/mol. The minimum Gasteiger partial charge on any atom is -0.354 e. The Balaban J connectivity index is 1.48. The lowest BCUT2D eigenvalue weighted by atomic mass is 9.98. The summed E-state index contributed by atoms with van der Waals surface area (Å²) in [6.45, 7) is 9.15. The zero-order chi connectivity index (χ0) is 28.8. The Morgan fingerprint density at radius 1 is 0.927 bits per heavy atom. The molecule has 4 aromatic rings. The molecule has 2 amide bonds. The Kier molecular flexibility index (Phi) is 8.56. The number of anilines is 2. The molecule has 0 radical (unpaired) electrons. The number of rotatable bonds is 10. The quantitative estimate of drug-likeness (QED) is 0.202. The molecule has 1 aromatic heterocycles. The summed E-state index contributed by atoms with van der Waals surface area (Å²) in [4.78, 5) is 33.3. The van der Waals surface area contributed by atoms with Gasteiger partial charge in [0.25, 0.3) is 11.8 Å². The summed E-state index contributed by atoms with van der Waals surface area (Å²) in [5.74, 6) is -0.442. The van der Waals surface area contributed by atoms with Crippen LogP contribution in [0.25, 0.3) is 11.3 Å². The van der Waals surface area contributed by atoms with Crippen LogP contribution in [0.4, 0.5) is 11.4 Å². The van der Waals surface area contributed by atoms with Crippen molar-refractivity contribution in [2.75, 3.05) is 23.7 Å². The van der Waals surface area contributed by atoms with Crippen LogP contribution >= 0.6 is 0 Å². The first kappa shape index (κ1) is 27.8. The van der Waals surface area contributed by atoms with Gasteiger partial charge in [0.05, 0.1) is 17.3 Å². The number of hydrogen-bond acceptors (Lipinski definition) is 5. The predicted molar refractivity (Wildman–Crippen MR) is 165 cm³/mol. The zero-order valence-electron chi connectivity index (χ0n) is 23.6. The van der Waals surface area contributed by atoms with Crippen molar-refractivity contribution in [1.29, 1.82) is 0 Å². The van der Waals surface area contributed by atoms with Gasteiger partial charge in [-0.1, -0.05) is 56.3 Å². The topological polar surface area (TPSA) is 86.4 Å². The number of benzene rings is 3. The maximum atomic E-state index is 13.4. The van der Waals surface area contributed by atoms with Crippen molar-refractivity contribution in [1.82, 2.24) is 15.2 Å². The van der Waals surface area contributed by atoms with Gasteiger partial charge in [0, 0.05) is 47.0 Å². The fourth-order valence-corrected chi connectivity index (χ4v) is 4.99. The van der Waals surface area contributed by atoms with Gasteiger partial charge >= 0.3 is 0 Å². The lowest BCUT2D eigenvalue weighted by Crippen LogP contribution is -2.26. The molecule has 208 valence electrons. The second-order valence-corrected chi connectivity index (χ2v) is 10.1. The number of pyridine rings is 1. The molecule has 7 nitrogen and oxygen atoms in total. The molecule has 1 aliphatic rings. The fraction of sp³-hybridized carbons (Fsp3) is 0.206. The molecule has 1 aliphatic heterocycles. The number of fused-ring (bicyclic) bond motifs is 1. The predicted octanol–water partition coefficient (Wildman–Crippen LogP) is 6.35. The SMILES string of the molecule is CCN(CC)Cc1ccc(N/C(=C2\C(=O)Nc3ccc(C(=O)N[C@H](C)c4ccccc4)cc32)c2cccnc2)cc1. The first-order valence-corrected chi connectivity index (χ1v) is 14.0. The summed E-state index contributed by atoms with van der Waals surface area (Å²) in [6, 6.07) is 27.0. The lowest BCUT2D eigenvalue weighted by Gasteiger charge is -2.19. The van der Waals surface area contributed by atoms with Gasteiger partial charge in [-0.3, -0.25) is 19.5 Å². The van der Waals surface area contributed by atoms with Crippen molar-refractivity contribution in [3.63, 3.8) is 0 Å². The van der Waals surface area contributed by atoms with Crippen molar-refractivity contribution in [2.24, 2.45) is 0 Å². The summed E-state index contributed by atoms with van der Waals surface area (Å²) in [5, 5.41) is 9.52. The first-order chi connectivity index (χ1) is 20.0. The van der Waals surface area contributed by atoms with Crippen LogP contribution < -0.4 is 16.0 Å². The molecular formula is C34H35N5O2. The van der Waals surface area contributed by atoms with Gasteiger partial charge in [-0.2, -0.15) is 0 Å². The molecule has 3 aromatic carbocycles. The van der Waals surface area contributed by atoms with Gasteiger partial charge in [0.2, 0.25) is 0 Å². The van der Waals surface area contributed by atoms with Crippen LogP contribution in [0.15, 0.2) is 97.3 Å². The molecule has 0 unspecified atom stereocenters. The maximum absolute atomic E-state index is 13.4. The third kappa shape index (κ3) is 6.36. The van der Waals surface area contributed by atoms with Gasteiger partial charge in [-0.05, 0) is 73.6 Å². The van der Waals surface area contributed by atoms with Crippen molar-refractivity contribution < 1.29 is 9.59 Å². The molecule has 7 heteroatoms. The van der Waals surface area contributed by atoms with Crippen LogP contribution in [-0.4, -0.2) is 34.8 Å². The summed E-state index contributed by atoms with van der Waals surface area (Å²) >= 11 is 0. The highest BCUT2D eigenvalue weighted by Crippen LogP contribution is 2.38. The normalized spacial score (nSPS) is 14.3. The summed E-state index contributed by atoms with van der Waals surface area (Å²) in [6.07, 6.45) is 3.43. The van der Waals surface area contributed by atoms with E-state index < -0.39 is 0 Å². The number of carbonyl (C=O) groups is 2. The number of nitrogens with one attached hydrogen (secondary N) is 3. The van der Waals surface area contributed by atoms with E-state index in [2.05, 4.69) is 51.8 Å². The van der Waals surface area contributed by atoms with E-state index in [0.717, 1.165) is 36.4 Å². The third-order valence-corrected chi connectivity index (χ3v) is 7.40. The van der Waals surface area contributed by atoms with Crippen LogP contribution in [0.3, 0.4) is 0 Å².